The first-order valence-corrected chi connectivity index (χ1v) is 5.94. The van der Waals surface area contributed by atoms with Crippen LogP contribution >= 0.6 is 15.9 Å². The Morgan fingerprint density at radius 3 is 3.07 bits per heavy atom. The topological polar surface area (TPSA) is 16.1 Å². The molecule has 0 saturated carbocycles. The van der Waals surface area contributed by atoms with Gasteiger partial charge in [-0.2, -0.15) is 0 Å². The highest BCUT2D eigenvalue weighted by atomic mass is 79.9. The van der Waals surface area contributed by atoms with Crippen LogP contribution in [0.15, 0.2) is 22.9 Å². The third kappa shape index (κ3) is 1.92. The predicted octanol–water partition coefficient (Wildman–Crippen LogP) is 3.22. The standard InChI is InChI=1S/C11H15BrN2/c1-9-4-2-3-7-14(9)11-5-6-13-8-10(11)12/h5-6,8-9H,2-4,7H2,1H3. The molecule has 0 radical (unpaired) electrons. The van der Waals surface area contributed by atoms with Gasteiger partial charge in [0.25, 0.3) is 0 Å². The molecule has 0 aliphatic carbocycles. The van der Waals surface area contributed by atoms with Gasteiger partial charge in [0.05, 0.1) is 10.2 Å². The maximum absolute atomic E-state index is 4.09. The van der Waals surface area contributed by atoms with Crippen LogP contribution < -0.4 is 4.90 Å². The van der Waals surface area contributed by atoms with Crippen LogP contribution in [-0.2, 0) is 0 Å². The molecule has 14 heavy (non-hydrogen) atoms. The Bertz CT molecular complexity index is 314. The second-order valence-electron chi connectivity index (χ2n) is 3.87. The Hall–Kier alpha value is -0.570. The monoisotopic (exact) mass is 254 g/mol. The lowest BCUT2D eigenvalue weighted by molar-refractivity contribution is 0.484. The normalized spacial score (nSPS) is 22.4. The number of anilines is 1. The van der Waals surface area contributed by atoms with Crippen molar-refractivity contribution in [2.24, 2.45) is 0 Å². The molecule has 1 fully saturated rings. The Morgan fingerprint density at radius 2 is 2.36 bits per heavy atom. The second kappa shape index (κ2) is 4.30. The number of halogens is 1. The van der Waals surface area contributed by atoms with Crippen molar-refractivity contribution in [2.45, 2.75) is 32.2 Å². The predicted molar refractivity (Wildman–Crippen MR) is 62.6 cm³/mol. The van der Waals surface area contributed by atoms with E-state index in [1.54, 1.807) is 0 Å². The summed E-state index contributed by atoms with van der Waals surface area (Å²) in [4.78, 5) is 6.56. The minimum absolute atomic E-state index is 0.655. The summed E-state index contributed by atoms with van der Waals surface area (Å²) in [7, 11) is 0. The van der Waals surface area contributed by atoms with Crippen molar-refractivity contribution < 1.29 is 0 Å². The molecule has 1 atom stereocenters. The van der Waals surface area contributed by atoms with Crippen molar-refractivity contribution in [3.63, 3.8) is 0 Å². The third-order valence-corrected chi connectivity index (χ3v) is 3.47. The first kappa shape index (κ1) is 9.97. The van der Waals surface area contributed by atoms with Crippen LogP contribution in [0, 0.1) is 0 Å². The highest BCUT2D eigenvalue weighted by Crippen LogP contribution is 2.30. The van der Waals surface area contributed by atoms with Crippen molar-refractivity contribution in [2.75, 3.05) is 11.4 Å². The number of piperidine rings is 1. The van der Waals surface area contributed by atoms with Crippen LogP contribution in [0.4, 0.5) is 5.69 Å². The molecule has 1 aliphatic heterocycles. The van der Waals surface area contributed by atoms with Crippen LogP contribution in [-0.4, -0.2) is 17.6 Å². The molecule has 2 heterocycles. The SMILES string of the molecule is CC1CCCCN1c1ccncc1Br. The van der Waals surface area contributed by atoms with Crippen molar-refractivity contribution >= 4 is 21.6 Å². The van der Waals surface area contributed by atoms with Gasteiger partial charge in [-0.15, -0.1) is 0 Å². The molecule has 1 aliphatic rings. The molecule has 0 amide bonds. The summed E-state index contributed by atoms with van der Waals surface area (Å²) in [6.45, 7) is 3.47. The zero-order valence-electron chi connectivity index (χ0n) is 8.41. The van der Waals surface area contributed by atoms with Gasteiger partial charge in [0.2, 0.25) is 0 Å². The van der Waals surface area contributed by atoms with Gasteiger partial charge in [-0.25, -0.2) is 0 Å². The Kier molecular flexibility index (Phi) is 3.06. The molecular weight excluding hydrogens is 240 g/mol. The van der Waals surface area contributed by atoms with Crippen LogP contribution in [0.25, 0.3) is 0 Å². The van der Waals surface area contributed by atoms with Crippen LogP contribution in [0.1, 0.15) is 26.2 Å². The van der Waals surface area contributed by atoms with Gasteiger partial charge in [-0.05, 0) is 48.2 Å². The zero-order chi connectivity index (χ0) is 9.97. The lowest BCUT2D eigenvalue weighted by atomic mass is 10.0. The van der Waals surface area contributed by atoms with E-state index in [2.05, 4.69) is 38.8 Å². The van der Waals surface area contributed by atoms with Gasteiger partial charge in [0.15, 0.2) is 0 Å². The Morgan fingerprint density at radius 1 is 1.50 bits per heavy atom. The van der Waals surface area contributed by atoms with Gasteiger partial charge in [0, 0.05) is 25.0 Å². The number of aromatic nitrogens is 1. The number of hydrogen-bond acceptors (Lipinski definition) is 2. The molecular formula is C11H15BrN2. The summed E-state index contributed by atoms with van der Waals surface area (Å²) < 4.78 is 1.11. The van der Waals surface area contributed by atoms with E-state index >= 15 is 0 Å². The Labute approximate surface area is 93.5 Å². The fraction of sp³-hybridized carbons (Fsp3) is 0.545. The fourth-order valence-electron chi connectivity index (χ4n) is 2.06. The van der Waals surface area contributed by atoms with E-state index in [4.69, 9.17) is 0 Å². The molecule has 1 aromatic heterocycles. The number of hydrogen-bond donors (Lipinski definition) is 0. The lowest BCUT2D eigenvalue weighted by Gasteiger charge is -2.35. The second-order valence-corrected chi connectivity index (χ2v) is 4.72. The first-order valence-electron chi connectivity index (χ1n) is 5.15. The molecule has 1 aromatic rings. The summed E-state index contributed by atoms with van der Waals surface area (Å²) >= 11 is 3.56. The van der Waals surface area contributed by atoms with E-state index in [9.17, 15) is 0 Å². The van der Waals surface area contributed by atoms with Gasteiger partial charge < -0.3 is 4.90 Å². The highest BCUT2D eigenvalue weighted by Gasteiger charge is 2.19. The number of pyridine rings is 1. The fourth-order valence-corrected chi connectivity index (χ4v) is 2.53. The third-order valence-electron chi connectivity index (χ3n) is 2.86. The number of nitrogens with zero attached hydrogens (tertiary/aromatic N) is 2. The van der Waals surface area contributed by atoms with Crippen LogP contribution in [0.2, 0.25) is 0 Å². The highest BCUT2D eigenvalue weighted by molar-refractivity contribution is 9.10. The lowest BCUT2D eigenvalue weighted by Crippen LogP contribution is -2.37. The smallest absolute Gasteiger partial charge is 0.0592 e. The first-order chi connectivity index (χ1) is 6.79. The van der Waals surface area contributed by atoms with E-state index in [0.29, 0.717) is 6.04 Å². The molecule has 76 valence electrons. The van der Waals surface area contributed by atoms with Crippen molar-refractivity contribution in [3.05, 3.63) is 22.9 Å². The van der Waals surface area contributed by atoms with E-state index in [1.165, 1.54) is 31.5 Å². The van der Waals surface area contributed by atoms with Crippen LogP contribution in [0.3, 0.4) is 0 Å². The summed E-state index contributed by atoms with van der Waals surface area (Å²) in [6, 6.07) is 2.74. The molecule has 2 nitrogen and oxygen atoms in total. The van der Waals surface area contributed by atoms with E-state index in [-0.39, 0.29) is 0 Å². The molecule has 2 rings (SSSR count). The maximum atomic E-state index is 4.09. The molecule has 0 N–H and O–H groups in total. The molecule has 0 spiro atoms. The van der Waals surface area contributed by atoms with Gasteiger partial charge in [0.1, 0.15) is 0 Å². The molecule has 0 bridgehead atoms. The Balaban J connectivity index is 2.25. The van der Waals surface area contributed by atoms with Gasteiger partial charge >= 0.3 is 0 Å². The molecule has 3 heteroatoms. The van der Waals surface area contributed by atoms with Crippen molar-refractivity contribution in [1.82, 2.24) is 4.98 Å². The minimum Gasteiger partial charge on any atom is -0.368 e. The van der Waals surface area contributed by atoms with E-state index in [0.717, 1.165) is 4.47 Å². The average molecular weight is 255 g/mol. The maximum Gasteiger partial charge on any atom is 0.0592 e. The quantitative estimate of drug-likeness (QED) is 0.765. The summed E-state index contributed by atoms with van der Waals surface area (Å²) in [5.41, 5.74) is 1.28. The van der Waals surface area contributed by atoms with Crippen LogP contribution in [0.5, 0.6) is 0 Å². The average Bonchev–Trinajstić information content (AvgIpc) is 2.20. The molecule has 1 unspecified atom stereocenters. The summed E-state index contributed by atoms with van der Waals surface area (Å²) in [6.07, 6.45) is 7.70. The number of rotatable bonds is 1. The largest absolute Gasteiger partial charge is 0.368 e. The van der Waals surface area contributed by atoms with E-state index in [1.807, 2.05) is 12.4 Å². The van der Waals surface area contributed by atoms with E-state index < -0.39 is 0 Å². The van der Waals surface area contributed by atoms with Crippen molar-refractivity contribution in [3.8, 4) is 0 Å². The zero-order valence-corrected chi connectivity index (χ0v) is 10.00. The van der Waals surface area contributed by atoms with Gasteiger partial charge in [-0.3, -0.25) is 4.98 Å². The molecule has 0 aromatic carbocycles. The van der Waals surface area contributed by atoms with Crippen molar-refractivity contribution in [1.29, 1.82) is 0 Å². The minimum atomic E-state index is 0.655. The van der Waals surface area contributed by atoms with Gasteiger partial charge in [-0.1, -0.05) is 0 Å². The summed E-state index contributed by atoms with van der Waals surface area (Å²) in [5.74, 6) is 0. The molecule has 1 saturated heterocycles. The summed E-state index contributed by atoms with van der Waals surface area (Å²) in [5, 5.41) is 0.